The van der Waals surface area contributed by atoms with Crippen molar-refractivity contribution in [2.75, 3.05) is 6.61 Å². The molecule has 2 heteroatoms. The molecule has 0 unspecified atom stereocenters. The predicted octanol–water partition coefficient (Wildman–Crippen LogP) is 3.32. The quantitative estimate of drug-likeness (QED) is 0.553. The van der Waals surface area contributed by atoms with Crippen molar-refractivity contribution in [2.24, 2.45) is 23.2 Å². The van der Waals surface area contributed by atoms with Crippen LogP contribution in [0.4, 0.5) is 0 Å². The standard InChI is InChI=1S/C15H22O2/c1-2-3-14(16)17-10-15-7-11-4-12(8-15)6-13(5-11)9-15/h2-3,11-13H,4-10H2,1H3/b3-2+. The number of hydrogen-bond donors (Lipinski definition) is 0. The Labute approximate surface area is 103 Å². The first kappa shape index (κ1) is 11.3. The zero-order chi connectivity index (χ0) is 11.9. The van der Waals surface area contributed by atoms with Gasteiger partial charge in [0, 0.05) is 11.5 Å². The molecule has 0 aromatic rings. The van der Waals surface area contributed by atoms with Crippen molar-refractivity contribution in [1.29, 1.82) is 0 Å². The van der Waals surface area contributed by atoms with Crippen LogP contribution in [0.25, 0.3) is 0 Å². The number of carbonyl (C=O) groups is 1. The van der Waals surface area contributed by atoms with Gasteiger partial charge < -0.3 is 4.74 Å². The highest BCUT2D eigenvalue weighted by molar-refractivity contribution is 5.81. The third-order valence-corrected chi connectivity index (χ3v) is 4.99. The van der Waals surface area contributed by atoms with Crippen LogP contribution in [-0.4, -0.2) is 12.6 Å². The Morgan fingerprint density at radius 2 is 1.71 bits per heavy atom. The molecule has 0 aromatic carbocycles. The van der Waals surface area contributed by atoms with Gasteiger partial charge in [0.05, 0.1) is 6.61 Å². The van der Waals surface area contributed by atoms with Gasteiger partial charge in [0.2, 0.25) is 0 Å². The van der Waals surface area contributed by atoms with Gasteiger partial charge in [-0.2, -0.15) is 0 Å². The molecule has 0 spiro atoms. The van der Waals surface area contributed by atoms with E-state index in [1.54, 1.807) is 6.08 Å². The van der Waals surface area contributed by atoms with Crippen molar-refractivity contribution < 1.29 is 9.53 Å². The van der Waals surface area contributed by atoms with Crippen LogP contribution >= 0.6 is 0 Å². The first-order valence-corrected chi connectivity index (χ1v) is 6.98. The van der Waals surface area contributed by atoms with Crippen molar-refractivity contribution in [3.05, 3.63) is 12.2 Å². The Morgan fingerprint density at radius 3 is 2.18 bits per heavy atom. The average molecular weight is 234 g/mol. The van der Waals surface area contributed by atoms with Crippen LogP contribution in [0.5, 0.6) is 0 Å². The Kier molecular flexibility index (Phi) is 2.76. The lowest BCUT2D eigenvalue weighted by atomic mass is 9.50. The molecule has 0 aliphatic heterocycles. The molecule has 0 radical (unpaired) electrons. The van der Waals surface area contributed by atoms with Gasteiger partial charge in [-0.05, 0) is 63.2 Å². The zero-order valence-corrected chi connectivity index (χ0v) is 10.7. The number of allylic oxidation sites excluding steroid dienone is 1. The molecule has 0 heterocycles. The zero-order valence-electron chi connectivity index (χ0n) is 10.7. The molecule has 4 aliphatic carbocycles. The molecular weight excluding hydrogens is 212 g/mol. The second-order valence-electron chi connectivity index (χ2n) is 6.53. The summed E-state index contributed by atoms with van der Waals surface area (Å²) in [6.07, 6.45) is 11.5. The minimum Gasteiger partial charge on any atom is -0.462 e. The lowest BCUT2D eigenvalue weighted by molar-refractivity contribution is -0.149. The van der Waals surface area contributed by atoms with E-state index in [0.717, 1.165) is 17.8 Å². The lowest BCUT2D eigenvalue weighted by Gasteiger charge is -2.56. The van der Waals surface area contributed by atoms with Gasteiger partial charge in [-0.25, -0.2) is 4.79 Å². The Morgan fingerprint density at radius 1 is 1.18 bits per heavy atom. The number of rotatable bonds is 3. The van der Waals surface area contributed by atoms with Gasteiger partial charge in [-0.1, -0.05) is 6.08 Å². The van der Waals surface area contributed by atoms with E-state index in [4.69, 9.17) is 4.74 Å². The molecule has 94 valence electrons. The summed E-state index contributed by atoms with van der Waals surface area (Å²) in [5.41, 5.74) is 0.353. The van der Waals surface area contributed by atoms with Gasteiger partial charge >= 0.3 is 5.97 Å². The van der Waals surface area contributed by atoms with E-state index in [2.05, 4.69) is 0 Å². The van der Waals surface area contributed by atoms with E-state index in [9.17, 15) is 4.79 Å². The first-order chi connectivity index (χ1) is 8.19. The van der Waals surface area contributed by atoms with E-state index in [0.29, 0.717) is 12.0 Å². The summed E-state index contributed by atoms with van der Waals surface area (Å²) >= 11 is 0. The summed E-state index contributed by atoms with van der Waals surface area (Å²) in [5, 5.41) is 0. The maximum absolute atomic E-state index is 11.4. The maximum Gasteiger partial charge on any atom is 0.330 e. The largest absolute Gasteiger partial charge is 0.462 e. The van der Waals surface area contributed by atoms with Crippen molar-refractivity contribution in [3.63, 3.8) is 0 Å². The summed E-state index contributed by atoms with van der Waals surface area (Å²) in [6, 6.07) is 0. The third-order valence-electron chi connectivity index (χ3n) is 4.99. The molecule has 4 saturated carbocycles. The summed E-state index contributed by atoms with van der Waals surface area (Å²) in [7, 11) is 0. The third kappa shape index (κ3) is 2.14. The highest BCUT2D eigenvalue weighted by Crippen LogP contribution is 2.59. The van der Waals surface area contributed by atoms with Crippen LogP contribution in [0.1, 0.15) is 45.4 Å². The van der Waals surface area contributed by atoms with E-state index >= 15 is 0 Å². The molecule has 2 nitrogen and oxygen atoms in total. The predicted molar refractivity (Wildman–Crippen MR) is 66.4 cm³/mol. The van der Waals surface area contributed by atoms with Crippen LogP contribution in [0.15, 0.2) is 12.2 Å². The molecule has 0 N–H and O–H groups in total. The average Bonchev–Trinajstić information content (AvgIpc) is 2.25. The smallest absolute Gasteiger partial charge is 0.330 e. The van der Waals surface area contributed by atoms with Crippen molar-refractivity contribution >= 4 is 5.97 Å². The Balaban J connectivity index is 1.64. The van der Waals surface area contributed by atoms with Crippen LogP contribution < -0.4 is 0 Å². The van der Waals surface area contributed by atoms with Gasteiger partial charge in [-0.15, -0.1) is 0 Å². The minimum atomic E-state index is -0.164. The monoisotopic (exact) mass is 234 g/mol. The van der Waals surface area contributed by atoms with Crippen LogP contribution in [0, 0.1) is 23.2 Å². The normalized spacial score (nSPS) is 43.2. The first-order valence-electron chi connectivity index (χ1n) is 6.98. The maximum atomic E-state index is 11.4. The molecule has 0 amide bonds. The lowest BCUT2D eigenvalue weighted by Crippen LogP contribution is -2.48. The molecule has 17 heavy (non-hydrogen) atoms. The van der Waals surface area contributed by atoms with Gasteiger partial charge in [0.1, 0.15) is 0 Å². The molecule has 4 aliphatic rings. The fourth-order valence-corrected chi connectivity index (χ4v) is 4.88. The van der Waals surface area contributed by atoms with E-state index in [-0.39, 0.29) is 5.97 Å². The summed E-state index contributed by atoms with van der Waals surface area (Å²) in [6.45, 7) is 2.52. The van der Waals surface area contributed by atoms with Crippen LogP contribution in [0.3, 0.4) is 0 Å². The van der Waals surface area contributed by atoms with Crippen LogP contribution in [0.2, 0.25) is 0 Å². The molecule has 0 aromatic heterocycles. The summed E-state index contributed by atoms with van der Waals surface area (Å²) < 4.78 is 5.44. The van der Waals surface area contributed by atoms with Gasteiger partial charge in [0.15, 0.2) is 0 Å². The fourth-order valence-electron chi connectivity index (χ4n) is 4.88. The highest BCUT2D eigenvalue weighted by Gasteiger charge is 2.51. The van der Waals surface area contributed by atoms with Crippen molar-refractivity contribution in [1.82, 2.24) is 0 Å². The number of ether oxygens (including phenoxy) is 1. The molecular formula is C15H22O2. The van der Waals surface area contributed by atoms with E-state index < -0.39 is 0 Å². The Hall–Kier alpha value is -0.790. The molecule has 4 rings (SSSR count). The SMILES string of the molecule is C/C=C/C(=O)OCC12CC3CC(CC(C3)C1)C2. The number of carbonyl (C=O) groups excluding carboxylic acids is 1. The van der Waals surface area contributed by atoms with Crippen LogP contribution in [-0.2, 0) is 9.53 Å². The summed E-state index contributed by atoms with van der Waals surface area (Å²) in [5.74, 6) is 2.63. The van der Waals surface area contributed by atoms with E-state index in [1.807, 2.05) is 6.92 Å². The van der Waals surface area contributed by atoms with Crippen molar-refractivity contribution in [2.45, 2.75) is 45.4 Å². The number of esters is 1. The topological polar surface area (TPSA) is 26.3 Å². The van der Waals surface area contributed by atoms with Gasteiger partial charge in [-0.3, -0.25) is 0 Å². The van der Waals surface area contributed by atoms with Crippen molar-refractivity contribution in [3.8, 4) is 0 Å². The second kappa shape index (κ2) is 4.15. The van der Waals surface area contributed by atoms with Gasteiger partial charge in [0.25, 0.3) is 0 Å². The molecule has 0 saturated heterocycles. The minimum absolute atomic E-state index is 0.164. The fraction of sp³-hybridized carbons (Fsp3) is 0.800. The summed E-state index contributed by atoms with van der Waals surface area (Å²) in [4.78, 5) is 11.4. The molecule has 0 atom stereocenters. The number of hydrogen-bond acceptors (Lipinski definition) is 2. The van der Waals surface area contributed by atoms with E-state index in [1.165, 1.54) is 44.6 Å². The second-order valence-corrected chi connectivity index (χ2v) is 6.53. The highest BCUT2D eigenvalue weighted by atomic mass is 16.5. The molecule has 4 bridgehead atoms. The Bertz CT molecular complexity index is 308. The molecule has 4 fully saturated rings.